The number of hydrazone groups is 1. The maximum Gasteiger partial charge on any atom is 0.271 e. The highest BCUT2D eigenvalue weighted by Crippen LogP contribution is 2.26. The predicted molar refractivity (Wildman–Crippen MR) is 96.0 cm³/mol. The molecule has 2 aromatic rings. The van der Waals surface area contributed by atoms with Gasteiger partial charge in [-0.15, -0.1) is 0 Å². The highest BCUT2D eigenvalue weighted by molar-refractivity contribution is 9.10. The number of benzene rings is 2. The Morgan fingerprint density at radius 2 is 1.83 bits per heavy atom. The van der Waals surface area contributed by atoms with E-state index < -0.39 is 0 Å². The number of carbonyl (C=O) groups is 1. The fraction of sp³-hybridized carbons (Fsp3) is 0.222. The molecule has 0 spiro atoms. The quantitative estimate of drug-likeness (QED) is 0.624. The molecule has 0 aromatic heterocycles. The highest BCUT2D eigenvalue weighted by atomic mass is 79.9. The molecule has 0 saturated carbocycles. The number of amides is 1. The van der Waals surface area contributed by atoms with Gasteiger partial charge in [-0.1, -0.05) is 42.8 Å². The molecule has 0 heterocycles. The normalized spacial score (nSPS) is 11.7. The Hall–Kier alpha value is -2.14. The maximum atomic E-state index is 12.0. The lowest BCUT2D eigenvalue weighted by atomic mass is 9.86. The van der Waals surface area contributed by atoms with Crippen LogP contribution in [0.15, 0.2) is 52.0 Å². The van der Waals surface area contributed by atoms with E-state index in [0.29, 0.717) is 11.1 Å². The maximum absolute atomic E-state index is 12.0. The van der Waals surface area contributed by atoms with Gasteiger partial charge in [-0.3, -0.25) is 4.79 Å². The van der Waals surface area contributed by atoms with Gasteiger partial charge in [0, 0.05) is 15.6 Å². The van der Waals surface area contributed by atoms with E-state index in [1.807, 2.05) is 12.1 Å². The van der Waals surface area contributed by atoms with Crippen LogP contribution in [0.1, 0.15) is 42.3 Å². The van der Waals surface area contributed by atoms with Gasteiger partial charge in [-0.25, -0.2) is 5.43 Å². The molecule has 0 saturated heterocycles. The molecule has 2 rings (SSSR count). The van der Waals surface area contributed by atoms with Crippen LogP contribution in [0, 0.1) is 0 Å². The molecule has 0 aliphatic rings. The standard InChI is InChI=1S/C18H19BrN2O2/c1-18(2,3)14-6-9-16(22)13(10-14)11-20-21-17(23)12-4-7-15(19)8-5-12/h4-11,22H,1-3H3,(H,21,23)/b20-11+. The summed E-state index contributed by atoms with van der Waals surface area (Å²) in [5.41, 5.74) is 4.58. The number of hydrogen-bond donors (Lipinski definition) is 2. The molecule has 0 aliphatic heterocycles. The van der Waals surface area contributed by atoms with Crippen molar-refractivity contribution >= 4 is 28.1 Å². The number of halogens is 1. The minimum Gasteiger partial charge on any atom is -0.507 e. The van der Waals surface area contributed by atoms with Crippen LogP contribution < -0.4 is 5.43 Å². The predicted octanol–water partition coefficient (Wildman–Crippen LogP) is 4.22. The summed E-state index contributed by atoms with van der Waals surface area (Å²) >= 11 is 3.32. The van der Waals surface area contributed by atoms with Gasteiger partial charge in [0.05, 0.1) is 6.21 Å². The van der Waals surface area contributed by atoms with Crippen LogP contribution >= 0.6 is 15.9 Å². The van der Waals surface area contributed by atoms with E-state index in [-0.39, 0.29) is 17.1 Å². The molecule has 1 amide bonds. The van der Waals surface area contributed by atoms with Gasteiger partial charge in [0.2, 0.25) is 0 Å². The van der Waals surface area contributed by atoms with E-state index in [9.17, 15) is 9.90 Å². The Morgan fingerprint density at radius 3 is 2.43 bits per heavy atom. The molecule has 0 atom stereocenters. The van der Waals surface area contributed by atoms with Crippen molar-refractivity contribution in [2.45, 2.75) is 26.2 Å². The van der Waals surface area contributed by atoms with Crippen LogP contribution in [0.5, 0.6) is 5.75 Å². The molecule has 5 heteroatoms. The van der Waals surface area contributed by atoms with Gasteiger partial charge in [-0.05, 0) is 47.4 Å². The molecule has 0 radical (unpaired) electrons. The van der Waals surface area contributed by atoms with E-state index in [1.54, 1.807) is 30.3 Å². The number of hydrogen-bond acceptors (Lipinski definition) is 3. The smallest absolute Gasteiger partial charge is 0.271 e. The molecule has 0 unspecified atom stereocenters. The van der Waals surface area contributed by atoms with Crippen molar-refractivity contribution in [3.05, 3.63) is 63.6 Å². The van der Waals surface area contributed by atoms with E-state index in [0.717, 1.165) is 10.0 Å². The van der Waals surface area contributed by atoms with Gasteiger partial charge in [-0.2, -0.15) is 5.10 Å². The first-order valence-corrected chi connectivity index (χ1v) is 7.99. The lowest BCUT2D eigenvalue weighted by molar-refractivity contribution is 0.0955. The third kappa shape index (κ3) is 4.66. The lowest BCUT2D eigenvalue weighted by Gasteiger charge is -2.19. The summed E-state index contributed by atoms with van der Waals surface area (Å²) < 4.78 is 0.904. The Morgan fingerprint density at radius 1 is 1.17 bits per heavy atom. The zero-order chi connectivity index (χ0) is 17.0. The fourth-order valence-corrected chi connectivity index (χ4v) is 2.22. The van der Waals surface area contributed by atoms with E-state index in [4.69, 9.17) is 0 Å². The molecule has 23 heavy (non-hydrogen) atoms. The first-order chi connectivity index (χ1) is 10.8. The Labute approximate surface area is 144 Å². The molecule has 120 valence electrons. The van der Waals surface area contributed by atoms with Crippen LogP contribution in [0.4, 0.5) is 0 Å². The van der Waals surface area contributed by atoms with Crippen molar-refractivity contribution in [1.29, 1.82) is 0 Å². The number of phenolic OH excluding ortho intramolecular Hbond substituents is 1. The third-order valence-electron chi connectivity index (χ3n) is 3.37. The Bertz CT molecular complexity index is 732. The first kappa shape index (κ1) is 17.2. The van der Waals surface area contributed by atoms with Crippen molar-refractivity contribution < 1.29 is 9.90 Å². The van der Waals surface area contributed by atoms with Crippen molar-refractivity contribution in [3.8, 4) is 5.75 Å². The molecule has 4 nitrogen and oxygen atoms in total. The second kappa shape index (κ2) is 6.96. The number of aromatic hydroxyl groups is 1. The van der Waals surface area contributed by atoms with Crippen molar-refractivity contribution in [2.24, 2.45) is 5.10 Å². The minimum atomic E-state index is -0.305. The van der Waals surface area contributed by atoms with Crippen molar-refractivity contribution in [1.82, 2.24) is 5.43 Å². The summed E-state index contributed by atoms with van der Waals surface area (Å²) in [4.78, 5) is 12.0. The average molecular weight is 375 g/mol. The number of nitrogens with one attached hydrogen (secondary N) is 1. The summed E-state index contributed by atoms with van der Waals surface area (Å²) in [5, 5.41) is 13.8. The van der Waals surface area contributed by atoms with Crippen LogP contribution in [0.25, 0.3) is 0 Å². The Balaban J connectivity index is 2.11. The van der Waals surface area contributed by atoms with E-state index in [1.165, 1.54) is 6.21 Å². The zero-order valence-electron chi connectivity index (χ0n) is 13.3. The second-order valence-electron chi connectivity index (χ2n) is 6.23. The summed E-state index contributed by atoms with van der Waals surface area (Å²) in [5.74, 6) is -0.181. The lowest BCUT2D eigenvalue weighted by Crippen LogP contribution is -2.17. The summed E-state index contributed by atoms with van der Waals surface area (Å²) in [6.07, 6.45) is 1.45. The monoisotopic (exact) mass is 374 g/mol. The first-order valence-electron chi connectivity index (χ1n) is 7.20. The highest BCUT2D eigenvalue weighted by Gasteiger charge is 2.14. The van der Waals surface area contributed by atoms with Gasteiger partial charge < -0.3 is 5.11 Å². The molecule has 2 aromatic carbocycles. The number of phenols is 1. The second-order valence-corrected chi connectivity index (χ2v) is 7.15. The van der Waals surface area contributed by atoms with Gasteiger partial charge in [0.1, 0.15) is 5.75 Å². The molecule has 0 fully saturated rings. The van der Waals surface area contributed by atoms with Crippen LogP contribution in [-0.2, 0) is 5.41 Å². The number of nitrogens with zero attached hydrogens (tertiary/aromatic N) is 1. The third-order valence-corrected chi connectivity index (χ3v) is 3.90. The molecule has 0 aliphatic carbocycles. The van der Waals surface area contributed by atoms with Crippen molar-refractivity contribution in [2.75, 3.05) is 0 Å². The fourth-order valence-electron chi connectivity index (χ4n) is 1.95. The van der Waals surface area contributed by atoms with Crippen LogP contribution in [-0.4, -0.2) is 17.2 Å². The molecular formula is C18H19BrN2O2. The molecule has 2 N–H and O–H groups in total. The number of carbonyl (C=O) groups excluding carboxylic acids is 1. The summed E-state index contributed by atoms with van der Waals surface area (Å²) in [6.45, 7) is 6.28. The topological polar surface area (TPSA) is 61.7 Å². The van der Waals surface area contributed by atoms with E-state index >= 15 is 0 Å². The van der Waals surface area contributed by atoms with Crippen LogP contribution in [0.3, 0.4) is 0 Å². The molecular weight excluding hydrogens is 356 g/mol. The SMILES string of the molecule is CC(C)(C)c1ccc(O)c(/C=N/NC(=O)c2ccc(Br)cc2)c1. The van der Waals surface area contributed by atoms with Gasteiger partial charge in [0.15, 0.2) is 0 Å². The van der Waals surface area contributed by atoms with Crippen molar-refractivity contribution in [3.63, 3.8) is 0 Å². The minimum absolute atomic E-state index is 0.0308. The average Bonchev–Trinajstić information content (AvgIpc) is 2.48. The zero-order valence-corrected chi connectivity index (χ0v) is 14.9. The summed E-state index contributed by atoms with van der Waals surface area (Å²) in [7, 11) is 0. The van der Waals surface area contributed by atoms with Crippen LogP contribution in [0.2, 0.25) is 0 Å². The summed E-state index contributed by atoms with van der Waals surface area (Å²) in [6, 6.07) is 12.4. The van der Waals surface area contributed by atoms with Gasteiger partial charge >= 0.3 is 0 Å². The largest absolute Gasteiger partial charge is 0.507 e. The van der Waals surface area contributed by atoms with E-state index in [2.05, 4.69) is 47.2 Å². The molecule has 0 bridgehead atoms. The Kier molecular flexibility index (Phi) is 5.21. The number of rotatable bonds is 3. The van der Waals surface area contributed by atoms with Gasteiger partial charge in [0.25, 0.3) is 5.91 Å².